The molecule has 1 aliphatic carbocycles. The van der Waals surface area contributed by atoms with Gasteiger partial charge in [-0.25, -0.2) is 13.1 Å². The first-order valence-electron chi connectivity index (χ1n) is 6.86. The van der Waals surface area contributed by atoms with E-state index in [1.807, 2.05) is 0 Å². The van der Waals surface area contributed by atoms with Crippen molar-refractivity contribution in [2.75, 3.05) is 19.4 Å². The fourth-order valence-corrected chi connectivity index (χ4v) is 3.82. The van der Waals surface area contributed by atoms with Gasteiger partial charge in [0.25, 0.3) is 0 Å². The molecule has 0 saturated heterocycles. The molecule has 0 spiro atoms. The lowest BCUT2D eigenvalue weighted by atomic mass is 9.67. The highest BCUT2D eigenvalue weighted by molar-refractivity contribution is 7.89. The van der Waals surface area contributed by atoms with E-state index in [1.54, 1.807) is 6.07 Å². The largest absolute Gasteiger partial charge is 0.497 e. The van der Waals surface area contributed by atoms with E-state index in [0.717, 1.165) is 19.3 Å². The summed E-state index contributed by atoms with van der Waals surface area (Å²) in [4.78, 5) is 0.115. The maximum atomic E-state index is 12.3. The first-order chi connectivity index (χ1) is 9.42. The van der Waals surface area contributed by atoms with Crippen LogP contribution in [-0.4, -0.2) is 22.1 Å². The van der Waals surface area contributed by atoms with Crippen LogP contribution in [-0.2, 0) is 10.0 Å². The second-order valence-corrected chi connectivity index (χ2v) is 7.17. The number of hydrogen-bond donors (Lipinski definition) is 2. The average Bonchev–Trinajstić information content (AvgIpc) is 2.37. The number of benzene rings is 1. The molecule has 2 rings (SSSR count). The molecule has 112 valence electrons. The number of nitrogens with two attached hydrogens (primary N) is 1. The number of anilines is 1. The van der Waals surface area contributed by atoms with Gasteiger partial charge in [-0.1, -0.05) is 13.3 Å². The summed E-state index contributed by atoms with van der Waals surface area (Å²) in [6.07, 6.45) is 4.35. The minimum atomic E-state index is -3.57. The Morgan fingerprint density at radius 3 is 2.55 bits per heavy atom. The van der Waals surface area contributed by atoms with Crippen LogP contribution in [0.2, 0.25) is 0 Å². The number of sulfonamides is 1. The SMILES string of the molecule is CCC1(CNS(=O)(=O)c2ccc(OC)cc2N)CCC1. The molecule has 0 heterocycles. The van der Waals surface area contributed by atoms with Gasteiger partial charge in [0.1, 0.15) is 10.6 Å². The number of ether oxygens (including phenoxy) is 1. The third kappa shape index (κ3) is 2.91. The molecule has 1 fully saturated rings. The van der Waals surface area contributed by atoms with Crippen LogP contribution in [0.4, 0.5) is 5.69 Å². The van der Waals surface area contributed by atoms with E-state index in [-0.39, 0.29) is 16.0 Å². The van der Waals surface area contributed by atoms with Gasteiger partial charge in [-0.3, -0.25) is 0 Å². The van der Waals surface area contributed by atoms with Gasteiger partial charge in [-0.15, -0.1) is 0 Å². The summed E-state index contributed by atoms with van der Waals surface area (Å²) in [6.45, 7) is 2.59. The predicted octanol–water partition coefficient (Wildman–Crippen LogP) is 2.14. The summed E-state index contributed by atoms with van der Waals surface area (Å²) in [5.41, 5.74) is 6.14. The van der Waals surface area contributed by atoms with Crippen molar-refractivity contribution < 1.29 is 13.2 Å². The van der Waals surface area contributed by atoms with E-state index in [0.29, 0.717) is 12.3 Å². The maximum absolute atomic E-state index is 12.3. The van der Waals surface area contributed by atoms with Crippen LogP contribution in [0.25, 0.3) is 0 Å². The lowest BCUT2D eigenvalue weighted by Crippen LogP contribution is -2.41. The summed E-state index contributed by atoms with van der Waals surface area (Å²) in [7, 11) is -2.05. The fourth-order valence-electron chi connectivity index (χ4n) is 2.56. The second kappa shape index (κ2) is 5.61. The van der Waals surface area contributed by atoms with Gasteiger partial charge < -0.3 is 10.5 Å². The highest BCUT2D eigenvalue weighted by atomic mass is 32.2. The lowest BCUT2D eigenvalue weighted by Gasteiger charge is -2.41. The number of nitrogen functional groups attached to an aromatic ring is 1. The number of methoxy groups -OCH3 is 1. The summed E-state index contributed by atoms with van der Waals surface area (Å²) in [5.74, 6) is 0.547. The molecule has 1 aromatic carbocycles. The molecule has 0 amide bonds. The molecule has 0 aliphatic heterocycles. The Kier molecular flexibility index (Phi) is 4.25. The predicted molar refractivity (Wildman–Crippen MR) is 79.2 cm³/mol. The average molecular weight is 298 g/mol. The lowest BCUT2D eigenvalue weighted by molar-refractivity contribution is 0.133. The van der Waals surface area contributed by atoms with Crippen LogP contribution in [0, 0.1) is 5.41 Å². The van der Waals surface area contributed by atoms with Crippen LogP contribution >= 0.6 is 0 Å². The van der Waals surface area contributed by atoms with Crippen LogP contribution < -0.4 is 15.2 Å². The van der Waals surface area contributed by atoms with Gasteiger partial charge in [0.2, 0.25) is 10.0 Å². The first-order valence-corrected chi connectivity index (χ1v) is 8.34. The van der Waals surface area contributed by atoms with Crippen molar-refractivity contribution in [2.45, 2.75) is 37.5 Å². The molecule has 1 aliphatic rings. The zero-order chi connectivity index (χ0) is 14.8. The Bertz CT molecular complexity index is 575. The van der Waals surface area contributed by atoms with Crippen molar-refractivity contribution in [3.05, 3.63) is 18.2 Å². The Hall–Kier alpha value is -1.27. The molecule has 0 unspecified atom stereocenters. The van der Waals surface area contributed by atoms with Gasteiger partial charge in [-0.05, 0) is 36.8 Å². The van der Waals surface area contributed by atoms with E-state index in [9.17, 15) is 8.42 Å². The van der Waals surface area contributed by atoms with Crippen molar-refractivity contribution in [3.8, 4) is 5.75 Å². The molecule has 6 heteroatoms. The fraction of sp³-hybridized carbons (Fsp3) is 0.571. The molecule has 0 atom stereocenters. The highest BCUT2D eigenvalue weighted by Gasteiger charge is 2.36. The Labute approximate surface area is 120 Å². The minimum Gasteiger partial charge on any atom is -0.497 e. The smallest absolute Gasteiger partial charge is 0.242 e. The third-order valence-electron chi connectivity index (χ3n) is 4.31. The van der Waals surface area contributed by atoms with Crippen molar-refractivity contribution in [3.63, 3.8) is 0 Å². The van der Waals surface area contributed by atoms with E-state index in [1.165, 1.54) is 25.7 Å². The number of nitrogens with one attached hydrogen (secondary N) is 1. The van der Waals surface area contributed by atoms with Crippen molar-refractivity contribution in [1.82, 2.24) is 4.72 Å². The van der Waals surface area contributed by atoms with E-state index < -0.39 is 10.0 Å². The normalized spacial score (nSPS) is 17.5. The third-order valence-corrected chi connectivity index (χ3v) is 5.78. The standard InChI is InChI=1S/C14H22N2O3S/c1-3-14(7-4-8-14)10-16-20(17,18)13-6-5-11(19-2)9-12(13)15/h5-6,9,16H,3-4,7-8,10,15H2,1-2H3. The Morgan fingerprint density at radius 2 is 2.10 bits per heavy atom. The first kappa shape index (κ1) is 15.1. The van der Waals surface area contributed by atoms with Gasteiger partial charge in [0.15, 0.2) is 0 Å². The van der Waals surface area contributed by atoms with Gasteiger partial charge >= 0.3 is 0 Å². The molecule has 0 aromatic heterocycles. The Balaban J connectivity index is 2.14. The molecule has 3 N–H and O–H groups in total. The van der Waals surface area contributed by atoms with Crippen LogP contribution in [0.5, 0.6) is 5.75 Å². The molecular weight excluding hydrogens is 276 g/mol. The Morgan fingerprint density at radius 1 is 1.40 bits per heavy atom. The molecule has 0 bridgehead atoms. The molecular formula is C14H22N2O3S. The summed E-state index contributed by atoms with van der Waals surface area (Å²) >= 11 is 0. The zero-order valence-corrected chi connectivity index (χ0v) is 12.8. The van der Waals surface area contributed by atoms with Crippen molar-refractivity contribution in [1.29, 1.82) is 0 Å². The number of rotatable bonds is 6. The van der Waals surface area contributed by atoms with E-state index >= 15 is 0 Å². The van der Waals surface area contributed by atoms with Crippen LogP contribution in [0.3, 0.4) is 0 Å². The number of hydrogen-bond acceptors (Lipinski definition) is 4. The highest BCUT2D eigenvalue weighted by Crippen LogP contribution is 2.43. The topological polar surface area (TPSA) is 81.4 Å². The zero-order valence-electron chi connectivity index (χ0n) is 12.0. The molecule has 1 saturated carbocycles. The molecule has 5 nitrogen and oxygen atoms in total. The summed E-state index contributed by atoms with van der Waals surface area (Å²) in [6, 6.07) is 4.60. The quantitative estimate of drug-likeness (QED) is 0.788. The summed E-state index contributed by atoms with van der Waals surface area (Å²) in [5, 5.41) is 0. The minimum absolute atomic E-state index is 0.115. The molecule has 1 aromatic rings. The molecule has 0 radical (unpaired) electrons. The van der Waals surface area contributed by atoms with Gasteiger partial charge in [0.05, 0.1) is 12.8 Å². The van der Waals surface area contributed by atoms with Crippen LogP contribution in [0.1, 0.15) is 32.6 Å². The van der Waals surface area contributed by atoms with E-state index in [2.05, 4.69) is 11.6 Å². The van der Waals surface area contributed by atoms with E-state index in [4.69, 9.17) is 10.5 Å². The van der Waals surface area contributed by atoms with Gasteiger partial charge in [0, 0.05) is 12.6 Å². The van der Waals surface area contributed by atoms with Crippen molar-refractivity contribution in [2.24, 2.45) is 5.41 Å². The summed E-state index contributed by atoms with van der Waals surface area (Å²) < 4.78 is 32.4. The van der Waals surface area contributed by atoms with Crippen molar-refractivity contribution >= 4 is 15.7 Å². The molecule has 20 heavy (non-hydrogen) atoms. The van der Waals surface area contributed by atoms with Gasteiger partial charge in [-0.2, -0.15) is 0 Å². The maximum Gasteiger partial charge on any atom is 0.242 e. The second-order valence-electron chi connectivity index (χ2n) is 5.44. The van der Waals surface area contributed by atoms with Crippen LogP contribution in [0.15, 0.2) is 23.1 Å². The monoisotopic (exact) mass is 298 g/mol.